The van der Waals surface area contributed by atoms with Gasteiger partial charge in [0, 0.05) is 42.9 Å². The lowest BCUT2D eigenvalue weighted by molar-refractivity contribution is 0.679. The number of aryl methyl sites for hydroxylation is 1. The molecule has 0 radical (unpaired) electrons. The second kappa shape index (κ2) is 5.86. The summed E-state index contributed by atoms with van der Waals surface area (Å²) >= 11 is 0. The van der Waals surface area contributed by atoms with Gasteiger partial charge in [-0.05, 0) is 24.6 Å². The third kappa shape index (κ3) is 2.96. The van der Waals surface area contributed by atoms with E-state index in [-0.39, 0.29) is 0 Å². The highest BCUT2D eigenvalue weighted by Crippen LogP contribution is 2.25. The van der Waals surface area contributed by atoms with Crippen molar-refractivity contribution < 1.29 is 4.21 Å². The van der Waals surface area contributed by atoms with Crippen molar-refractivity contribution in [1.29, 1.82) is 4.78 Å². The Morgan fingerprint density at radius 1 is 1.25 bits per heavy atom. The molecule has 0 saturated carbocycles. The third-order valence-corrected chi connectivity index (χ3v) is 5.05. The summed E-state index contributed by atoms with van der Waals surface area (Å²) in [6.45, 7) is 1.97. The van der Waals surface area contributed by atoms with Crippen molar-refractivity contribution in [3.05, 3.63) is 47.4 Å². The summed E-state index contributed by atoms with van der Waals surface area (Å²) in [6, 6.07) is 7.35. The van der Waals surface area contributed by atoms with E-state index < -0.39 is 9.73 Å². The third-order valence-electron chi connectivity index (χ3n) is 3.88. The van der Waals surface area contributed by atoms with E-state index in [0.29, 0.717) is 17.1 Å². The molecule has 1 atom stereocenters. The van der Waals surface area contributed by atoms with Crippen molar-refractivity contribution in [3.8, 4) is 0 Å². The lowest BCUT2D eigenvalue weighted by atomic mass is 10.0. The van der Waals surface area contributed by atoms with Crippen LogP contribution in [0, 0.1) is 11.7 Å². The molecule has 0 aliphatic rings. The van der Waals surface area contributed by atoms with Crippen LogP contribution < -0.4 is 4.90 Å². The molecule has 0 amide bonds. The van der Waals surface area contributed by atoms with E-state index in [1.807, 2.05) is 38.1 Å². The zero-order chi connectivity index (χ0) is 17.5. The molecule has 0 bridgehead atoms. The van der Waals surface area contributed by atoms with Crippen LogP contribution in [0.2, 0.25) is 0 Å². The summed E-state index contributed by atoms with van der Waals surface area (Å²) in [7, 11) is 1.25. The van der Waals surface area contributed by atoms with E-state index in [1.165, 1.54) is 12.6 Å². The van der Waals surface area contributed by atoms with Gasteiger partial charge in [0.1, 0.15) is 12.1 Å². The normalized spacial score (nSPS) is 13.8. The maximum Gasteiger partial charge on any atom is 0.254 e. The van der Waals surface area contributed by atoms with Gasteiger partial charge in [0.15, 0.2) is 0 Å². The van der Waals surface area contributed by atoms with E-state index in [0.717, 1.165) is 22.6 Å². The SMILES string of the molecule is Cc1nc2ncnn2c(N(C)C)c1Cc1ccc([S@@](C)(=N)=O)cc1. The van der Waals surface area contributed by atoms with Gasteiger partial charge in [-0.15, -0.1) is 0 Å². The molecule has 1 N–H and O–H groups in total. The largest absolute Gasteiger partial charge is 0.362 e. The van der Waals surface area contributed by atoms with Crippen LogP contribution in [-0.2, 0) is 16.1 Å². The second-order valence-corrected chi connectivity index (χ2v) is 8.19. The van der Waals surface area contributed by atoms with Gasteiger partial charge in [0.2, 0.25) is 0 Å². The monoisotopic (exact) mass is 344 g/mol. The topological polar surface area (TPSA) is 87.2 Å². The van der Waals surface area contributed by atoms with Crippen LogP contribution in [0.1, 0.15) is 16.8 Å². The number of aromatic nitrogens is 4. The molecule has 0 unspecified atom stereocenters. The van der Waals surface area contributed by atoms with Crippen LogP contribution >= 0.6 is 0 Å². The molecule has 2 heterocycles. The fourth-order valence-electron chi connectivity index (χ4n) is 2.71. The standard InChI is InChI=1S/C16H20N6OS/c1-11-14(9-12-5-7-13(8-6-12)24(4,17)23)15(21(2)3)22-16(20-11)18-10-19-22/h5-8,10,17H,9H2,1-4H3/t24-/m0/s1. The molecule has 24 heavy (non-hydrogen) atoms. The maximum atomic E-state index is 11.8. The summed E-state index contributed by atoms with van der Waals surface area (Å²) in [5.74, 6) is 1.52. The average molecular weight is 344 g/mol. The first-order valence-electron chi connectivity index (χ1n) is 7.46. The Bertz CT molecular complexity index is 989. The fourth-order valence-corrected chi connectivity index (χ4v) is 3.36. The Morgan fingerprint density at radius 2 is 1.92 bits per heavy atom. The van der Waals surface area contributed by atoms with Crippen molar-refractivity contribution >= 4 is 21.3 Å². The predicted molar refractivity (Wildman–Crippen MR) is 94.1 cm³/mol. The van der Waals surface area contributed by atoms with Gasteiger partial charge in [-0.25, -0.2) is 14.0 Å². The van der Waals surface area contributed by atoms with Crippen molar-refractivity contribution in [1.82, 2.24) is 19.6 Å². The van der Waals surface area contributed by atoms with Crippen molar-refractivity contribution in [2.24, 2.45) is 0 Å². The summed E-state index contributed by atoms with van der Waals surface area (Å²) in [6.07, 6.45) is 3.60. The molecule has 0 aliphatic carbocycles. The molecule has 0 spiro atoms. The van der Waals surface area contributed by atoms with Gasteiger partial charge in [0.05, 0.1) is 9.73 Å². The Balaban J connectivity index is 2.06. The number of anilines is 1. The zero-order valence-corrected chi connectivity index (χ0v) is 15.0. The summed E-state index contributed by atoms with van der Waals surface area (Å²) in [4.78, 5) is 11.2. The molecule has 1 aromatic carbocycles. The van der Waals surface area contributed by atoms with Crippen LogP contribution in [0.25, 0.3) is 5.78 Å². The van der Waals surface area contributed by atoms with Crippen molar-refractivity contribution in [2.75, 3.05) is 25.3 Å². The van der Waals surface area contributed by atoms with Crippen LogP contribution in [0.15, 0.2) is 35.5 Å². The van der Waals surface area contributed by atoms with Gasteiger partial charge < -0.3 is 4.90 Å². The van der Waals surface area contributed by atoms with Gasteiger partial charge in [0.25, 0.3) is 5.78 Å². The number of fused-ring (bicyclic) bond motifs is 1. The van der Waals surface area contributed by atoms with Crippen LogP contribution in [0.5, 0.6) is 0 Å². The molecule has 126 valence electrons. The minimum atomic E-state index is -2.69. The number of benzene rings is 1. The number of hydrogen-bond acceptors (Lipinski definition) is 6. The highest BCUT2D eigenvalue weighted by atomic mass is 32.2. The van der Waals surface area contributed by atoms with Crippen molar-refractivity contribution in [2.45, 2.75) is 18.2 Å². The first-order chi connectivity index (χ1) is 11.3. The molecule has 0 aliphatic heterocycles. The first kappa shape index (κ1) is 16.4. The van der Waals surface area contributed by atoms with Gasteiger partial charge in [-0.2, -0.15) is 14.6 Å². The fraction of sp³-hybridized carbons (Fsp3) is 0.312. The van der Waals surface area contributed by atoms with E-state index in [4.69, 9.17) is 4.78 Å². The average Bonchev–Trinajstić information content (AvgIpc) is 2.94. The van der Waals surface area contributed by atoms with Crippen LogP contribution in [0.3, 0.4) is 0 Å². The molecule has 3 aromatic rings. The molecular weight excluding hydrogens is 324 g/mol. The maximum absolute atomic E-state index is 11.8. The molecule has 7 nitrogen and oxygen atoms in total. The molecule has 0 fully saturated rings. The molecule has 8 heteroatoms. The first-order valence-corrected chi connectivity index (χ1v) is 9.43. The highest BCUT2D eigenvalue weighted by Gasteiger charge is 2.16. The predicted octanol–water partition coefficient (Wildman–Crippen LogP) is 2.12. The number of nitrogens with zero attached hydrogens (tertiary/aromatic N) is 5. The number of hydrogen-bond donors (Lipinski definition) is 1. The smallest absolute Gasteiger partial charge is 0.254 e. The minimum Gasteiger partial charge on any atom is -0.362 e. The Kier molecular flexibility index (Phi) is 4.00. The minimum absolute atomic E-state index is 0.542. The summed E-state index contributed by atoms with van der Waals surface area (Å²) in [5, 5.41) is 4.27. The Hall–Kier alpha value is -2.48. The van der Waals surface area contributed by atoms with Gasteiger partial charge >= 0.3 is 0 Å². The van der Waals surface area contributed by atoms with E-state index >= 15 is 0 Å². The van der Waals surface area contributed by atoms with E-state index in [2.05, 4.69) is 15.1 Å². The molecule has 0 saturated heterocycles. The number of nitrogens with one attached hydrogen (secondary N) is 1. The zero-order valence-electron chi connectivity index (χ0n) is 14.1. The summed E-state index contributed by atoms with van der Waals surface area (Å²) in [5.41, 5.74) is 3.03. The molecule has 3 rings (SSSR count). The van der Waals surface area contributed by atoms with Gasteiger partial charge in [-0.3, -0.25) is 0 Å². The lowest BCUT2D eigenvalue weighted by Crippen LogP contribution is -2.18. The van der Waals surface area contributed by atoms with E-state index in [1.54, 1.807) is 16.6 Å². The lowest BCUT2D eigenvalue weighted by Gasteiger charge is -2.19. The Morgan fingerprint density at radius 3 is 2.50 bits per heavy atom. The van der Waals surface area contributed by atoms with Crippen LogP contribution in [0.4, 0.5) is 5.82 Å². The molecular formula is C16H20N6OS. The highest BCUT2D eigenvalue weighted by molar-refractivity contribution is 7.91. The van der Waals surface area contributed by atoms with E-state index in [9.17, 15) is 4.21 Å². The van der Waals surface area contributed by atoms with Crippen LogP contribution in [-0.4, -0.2) is 44.1 Å². The number of rotatable bonds is 4. The second-order valence-electron chi connectivity index (χ2n) is 6.03. The molecule has 2 aromatic heterocycles. The summed E-state index contributed by atoms with van der Waals surface area (Å²) < 4.78 is 21.2. The van der Waals surface area contributed by atoms with Gasteiger partial charge in [-0.1, -0.05) is 12.1 Å². The van der Waals surface area contributed by atoms with Crippen molar-refractivity contribution in [3.63, 3.8) is 0 Å². The Labute approximate surface area is 141 Å². The quantitative estimate of drug-likeness (QED) is 0.783.